The molecule has 0 atom stereocenters. The Morgan fingerprint density at radius 1 is 1.47 bits per heavy atom. The fraction of sp³-hybridized carbons (Fsp3) is 0. The maximum absolute atomic E-state index is 10.6. The van der Waals surface area contributed by atoms with Gasteiger partial charge < -0.3 is 0 Å². The van der Waals surface area contributed by atoms with Crippen molar-refractivity contribution >= 4 is 41.0 Å². The molecule has 0 unspecified atom stereocenters. The highest BCUT2D eigenvalue weighted by atomic mass is 35.5. The number of hydrogen-bond donors (Lipinski definition) is 0. The summed E-state index contributed by atoms with van der Waals surface area (Å²) in [7, 11) is 0. The van der Waals surface area contributed by atoms with Crippen LogP contribution in [0.5, 0.6) is 0 Å². The lowest BCUT2D eigenvalue weighted by Crippen LogP contribution is -1.76. The summed E-state index contributed by atoms with van der Waals surface area (Å²) < 4.78 is 0.723. The second kappa shape index (κ2) is 4.74. The minimum atomic E-state index is 0.258. The number of aldehydes is 1. The van der Waals surface area contributed by atoms with Crippen molar-refractivity contribution in [3.8, 4) is 0 Å². The van der Waals surface area contributed by atoms with Crippen molar-refractivity contribution in [3.05, 3.63) is 34.4 Å². The first-order chi connectivity index (χ1) is 7.29. The zero-order valence-corrected chi connectivity index (χ0v) is 9.77. The maximum atomic E-state index is 10.6. The molecule has 2 heterocycles. The first kappa shape index (κ1) is 10.6. The molecule has 0 fully saturated rings. The average Bonchev–Trinajstić information content (AvgIpc) is 2.60. The number of nitrogens with zero attached hydrogens (tertiary/aromatic N) is 2. The van der Waals surface area contributed by atoms with Crippen LogP contribution in [-0.2, 0) is 0 Å². The molecule has 0 aliphatic carbocycles. The lowest BCUT2D eigenvalue weighted by atomic mass is 10.5. The van der Waals surface area contributed by atoms with E-state index in [0.717, 1.165) is 9.37 Å². The van der Waals surface area contributed by atoms with E-state index < -0.39 is 0 Å². The molecule has 0 spiro atoms. The second-order valence-electron chi connectivity index (χ2n) is 2.52. The number of halogens is 1. The van der Waals surface area contributed by atoms with Gasteiger partial charge in [-0.25, -0.2) is 9.97 Å². The average molecular weight is 257 g/mol. The number of hydrogen-bond acceptors (Lipinski definition) is 5. The van der Waals surface area contributed by atoms with E-state index in [4.69, 9.17) is 11.6 Å². The molecule has 0 saturated carbocycles. The summed E-state index contributed by atoms with van der Waals surface area (Å²) in [5.41, 5.74) is 0. The first-order valence-electron chi connectivity index (χ1n) is 4.00. The van der Waals surface area contributed by atoms with E-state index in [1.807, 2.05) is 18.2 Å². The summed E-state index contributed by atoms with van der Waals surface area (Å²) in [6.45, 7) is 0. The van der Waals surface area contributed by atoms with Gasteiger partial charge in [-0.3, -0.25) is 4.79 Å². The third kappa shape index (κ3) is 2.56. The quantitative estimate of drug-likeness (QED) is 0.792. The molecule has 0 bridgehead atoms. The summed E-state index contributed by atoms with van der Waals surface area (Å²) >= 11 is 8.40. The van der Waals surface area contributed by atoms with Crippen molar-refractivity contribution in [2.45, 2.75) is 9.37 Å². The predicted molar refractivity (Wildman–Crippen MR) is 60.9 cm³/mol. The molecule has 0 aliphatic rings. The van der Waals surface area contributed by atoms with Crippen molar-refractivity contribution in [2.75, 3.05) is 0 Å². The zero-order valence-electron chi connectivity index (χ0n) is 7.38. The van der Waals surface area contributed by atoms with E-state index in [2.05, 4.69) is 9.97 Å². The van der Waals surface area contributed by atoms with Gasteiger partial charge in [-0.2, -0.15) is 0 Å². The van der Waals surface area contributed by atoms with Crippen molar-refractivity contribution in [1.29, 1.82) is 0 Å². The van der Waals surface area contributed by atoms with Crippen molar-refractivity contribution in [2.24, 2.45) is 0 Å². The Labute approximate surface area is 99.5 Å². The molecule has 6 heteroatoms. The molecule has 3 nitrogen and oxygen atoms in total. The van der Waals surface area contributed by atoms with Crippen LogP contribution in [0.25, 0.3) is 0 Å². The topological polar surface area (TPSA) is 42.9 Å². The maximum Gasteiger partial charge on any atom is 0.163 e. The highest BCUT2D eigenvalue weighted by molar-refractivity contribution is 8.01. The van der Waals surface area contributed by atoms with Crippen molar-refractivity contribution in [3.63, 3.8) is 0 Å². The Hall–Kier alpha value is -0.910. The van der Waals surface area contributed by atoms with Gasteiger partial charge in [0.25, 0.3) is 0 Å². The smallest absolute Gasteiger partial charge is 0.163 e. The van der Waals surface area contributed by atoms with E-state index in [9.17, 15) is 4.79 Å². The van der Waals surface area contributed by atoms with E-state index in [1.54, 1.807) is 6.20 Å². The summed E-state index contributed by atoms with van der Waals surface area (Å²) in [4.78, 5) is 19.2. The van der Waals surface area contributed by atoms with Gasteiger partial charge in [-0.15, -0.1) is 11.3 Å². The molecule has 0 N–H and O–H groups in total. The molecule has 0 aliphatic heterocycles. The third-order valence-electron chi connectivity index (χ3n) is 1.53. The minimum absolute atomic E-state index is 0.258. The molecule has 2 aromatic heterocycles. The molecule has 0 saturated heterocycles. The highest BCUT2D eigenvalue weighted by Gasteiger charge is 2.09. The van der Waals surface area contributed by atoms with Gasteiger partial charge in [-0.1, -0.05) is 17.7 Å². The molecular formula is C9H5ClN2OS2. The van der Waals surface area contributed by atoms with Gasteiger partial charge in [0.1, 0.15) is 9.90 Å². The number of pyridine rings is 1. The Morgan fingerprint density at radius 2 is 2.33 bits per heavy atom. The fourth-order valence-corrected chi connectivity index (χ4v) is 3.02. The van der Waals surface area contributed by atoms with Crippen LogP contribution >= 0.6 is 34.7 Å². The number of thiazole rings is 1. The minimum Gasteiger partial charge on any atom is -0.297 e. The first-order valence-corrected chi connectivity index (χ1v) is 6.01. The molecule has 0 aromatic carbocycles. The molecule has 76 valence electrons. The summed E-state index contributed by atoms with van der Waals surface area (Å²) in [6.07, 6.45) is 2.42. The van der Waals surface area contributed by atoms with Crippen LogP contribution in [0.1, 0.15) is 9.67 Å². The third-order valence-corrected chi connectivity index (χ3v) is 3.92. The number of aromatic nitrogens is 2. The largest absolute Gasteiger partial charge is 0.297 e. The Morgan fingerprint density at radius 3 is 2.93 bits per heavy atom. The van der Waals surface area contributed by atoms with E-state index in [-0.39, 0.29) is 5.15 Å². The van der Waals surface area contributed by atoms with Gasteiger partial charge in [0.15, 0.2) is 15.8 Å². The monoisotopic (exact) mass is 256 g/mol. The lowest BCUT2D eigenvalue weighted by Gasteiger charge is -1.93. The number of rotatable bonds is 3. The van der Waals surface area contributed by atoms with Crippen LogP contribution < -0.4 is 0 Å². The molecule has 15 heavy (non-hydrogen) atoms. The van der Waals surface area contributed by atoms with Gasteiger partial charge in [-0.05, 0) is 23.9 Å². The second-order valence-corrected chi connectivity index (χ2v) is 5.18. The molecule has 0 radical (unpaired) electrons. The van der Waals surface area contributed by atoms with E-state index in [0.29, 0.717) is 11.2 Å². The van der Waals surface area contributed by atoms with Gasteiger partial charge in [0, 0.05) is 6.20 Å². The van der Waals surface area contributed by atoms with Crippen LogP contribution in [0, 0.1) is 0 Å². The fourth-order valence-electron chi connectivity index (χ4n) is 0.907. The summed E-state index contributed by atoms with van der Waals surface area (Å²) in [5.74, 6) is 0. The standard InChI is InChI=1S/C9H5ClN2OS2/c10-8-6(5-13)14-9(12-8)15-7-3-1-2-4-11-7/h1-5H. The molecule has 2 rings (SSSR count). The molecular weight excluding hydrogens is 252 g/mol. The summed E-state index contributed by atoms with van der Waals surface area (Å²) in [5, 5.41) is 1.09. The van der Waals surface area contributed by atoms with E-state index in [1.165, 1.54) is 23.1 Å². The SMILES string of the molecule is O=Cc1sc(Sc2ccccn2)nc1Cl. The number of carbonyl (C=O) groups is 1. The Bertz CT molecular complexity index is 472. The van der Waals surface area contributed by atoms with Gasteiger partial charge in [0.05, 0.1) is 0 Å². The van der Waals surface area contributed by atoms with E-state index >= 15 is 0 Å². The highest BCUT2D eigenvalue weighted by Crippen LogP contribution is 2.32. The number of carbonyl (C=O) groups excluding carboxylic acids is 1. The molecule has 2 aromatic rings. The van der Waals surface area contributed by atoms with Crippen LogP contribution in [0.4, 0.5) is 0 Å². The van der Waals surface area contributed by atoms with Crippen LogP contribution in [0.15, 0.2) is 33.8 Å². The van der Waals surface area contributed by atoms with Crippen LogP contribution in [-0.4, -0.2) is 16.3 Å². The zero-order chi connectivity index (χ0) is 10.7. The Balaban J connectivity index is 2.21. The van der Waals surface area contributed by atoms with Crippen molar-refractivity contribution in [1.82, 2.24) is 9.97 Å². The normalized spacial score (nSPS) is 10.2. The van der Waals surface area contributed by atoms with Crippen LogP contribution in [0.2, 0.25) is 5.15 Å². The van der Waals surface area contributed by atoms with Crippen LogP contribution in [0.3, 0.4) is 0 Å². The van der Waals surface area contributed by atoms with Gasteiger partial charge in [0.2, 0.25) is 0 Å². The van der Waals surface area contributed by atoms with Gasteiger partial charge >= 0.3 is 0 Å². The van der Waals surface area contributed by atoms with Crippen molar-refractivity contribution < 1.29 is 4.79 Å². The Kier molecular flexibility index (Phi) is 3.35. The molecule has 0 amide bonds. The summed E-state index contributed by atoms with van der Waals surface area (Å²) in [6, 6.07) is 5.61. The predicted octanol–water partition coefficient (Wildman–Crippen LogP) is 3.16. The lowest BCUT2D eigenvalue weighted by molar-refractivity contribution is 0.112.